The molecular weight excluding hydrogens is 262 g/mol. The molecule has 0 aromatic rings. The van der Waals surface area contributed by atoms with Gasteiger partial charge in [-0.3, -0.25) is 14.9 Å². The summed E-state index contributed by atoms with van der Waals surface area (Å²) in [7, 11) is 0. The van der Waals surface area contributed by atoms with E-state index in [2.05, 4.69) is 5.32 Å². The Morgan fingerprint density at radius 1 is 1.32 bits per heavy atom. The van der Waals surface area contributed by atoms with Gasteiger partial charge in [0.25, 0.3) is 0 Å². The van der Waals surface area contributed by atoms with Crippen LogP contribution in [0.25, 0.3) is 0 Å². The minimum Gasteiger partial charge on any atom is -0.368 e. The molecule has 0 aliphatic carbocycles. The molecule has 2 rings (SSSR count). The maximum atomic E-state index is 12.2. The maximum absolute atomic E-state index is 12.2. The second kappa shape index (κ2) is 4.98. The van der Waals surface area contributed by atoms with Crippen LogP contribution in [0.3, 0.4) is 0 Å². The van der Waals surface area contributed by atoms with Crippen molar-refractivity contribution in [1.29, 1.82) is 0 Å². The molecule has 2 aliphatic heterocycles. The van der Waals surface area contributed by atoms with Crippen LogP contribution >= 0.6 is 11.8 Å². The topological polar surface area (TPSA) is 75.4 Å². The van der Waals surface area contributed by atoms with Crippen LogP contribution in [-0.2, 0) is 9.59 Å². The summed E-state index contributed by atoms with van der Waals surface area (Å²) in [6.45, 7) is 7.35. The van der Waals surface area contributed by atoms with E-state index in [4.69, 9.17) is 5.73 Å². The fourth-order valence-electron chi connectivity index (χ4n) is 2.63. The van der Waals surface area contributed by atoms with Gasteiger partial charge in [0, 0.05) is 24.3 Å². The second-order valence-corrected chi connectivity index (χ2v) is 7.85. The number of carbonyl (C=O) groups is 2. The van der Waals surface area contributed by atoms with Gasteiger partial charge in [-0.15, -0.1) is 11.8 Å². The first-order valence-corrected chi connectivity index (χ1v) is 7.72. The molecule has 1 spiro atoms. The number of hydrogen-bond acceptors (Lipinski definition) is 4. The van der Waals surface area contributed by atoms with Crippen LogP contribution in [-0.4, -0.2) is 46.5 Å². The number of likely N-dealkylation sites (tertiary alicyclic amines) is 1. The zero-order valence-electron chi connectivity index (χ0n) is 11.9. The van der Waals surface area contributed by atoms with Crippen LogP contribution in [0.15, 0.2) is 0 Å². The van der Waals surface area contributed by atoms with E-state index in [0.717, 1.165) is 31.7 Å². The molecule has 19 heavy (non-hydrogen) atoms. The van der Waals surface area contributed by atoms with Gasteiger partial charge in [-0.1, -0.05) is 20.8 Å². The van der Waals surface area contributed by atoms with Crippen molar-refractivity contribution in [2.75, 3.05) is 18.8 Å². The summed E-state index contributed by atoms with van der Waals surface area (Å²) in [5.74, 6) is 0.664. The zero-order valence-corrected chi connectivity index (χ0v) is 12.7. The molecule has 0 saturated carbocycles. The number of nitrogens with zero attached hydrogens (tertiary/aromatic N) is 1. The van der Waals surface area contributed by atoms with Crippen LogP contribution < -0.4 is 11.1 Å². The number of hydrogen-bond donors (Lipinski definition) is 2. The first-order valence-electron chi connectivity index (χ1n) is 6.74. The third-order valence-electron chi connectivity index (χ3n) is 3.81. The standard InChI is InChI=1S/C13H23N3O2S/c1-12(2,3)11(18)16-6-4-13(5-7-16)15-9(8-19-13)10(14)17/h9,15H,4-8H2,1-3H3,(H2,14,17)/t9-/m0/s1. The van der Waals surface area contributed by atoms with E-state index in [1.54, 1.807) is 11.8 Å². The van der Waals surface area contributed by atoms with Crippen molar-refractivity contribution in [2.24, 2.45) is 11.1 Å². The summed E-state index contributed by atoms with van der Waals surface area (Å²) >= 11 is 1.77. The average molecular weight is 285 g/mol. The van der Waals surface area contributed by atoms with E-state index >= 15 is 0 Å². The van der Waals surface area contributed by atoms with E-state index in [9.17, 15) is 9.59 Å². The highest BCUT2D eigenvalue weighted by Crippen LogP contribution is 2.39. The molecule has 3 N–H and O–H groups in total. The average Bonchev–Trinajstić information content (AvgIpc) is 2.73. The van der Waals surface area contributed by atoms with Crippen LogP contribution in [0.4, 0.5) is 0 Å². The summed E-state index contributed by atoms with van der Waals surface area (Å²) in [5.41, 5.74) is 5.02. The van der Waals surface area contributed by atoms with Gasteiger partial charge < -0.3 is 10.6 Å². The Bertz CT molecular complexity index is 384. The highest BCUT2D eigenvalue weighted by Gasteiger charge is 2.44. The number of piperidine rings is 1. The van der Waals surface area contributed by atoms with Gasteiger partial charge in [0.1, 0.15) is 0 Å². The number of nitrogens with one attached hydrogen (secondary N) is 1. The molecule has 2 saturated heterocycles. The number of rotatable bonds is 1. The molecule has 6 heteroatoms. The van der Waals surface area contributed by atoms with E-state index in [0.29, 0.717) is 0 Å². The highest BCUT2D eigenvalue weighted by atomic mass is 32.2. The summed E-state index contributed by atoms with van der Waals surface area (Å²) in [6, 6.07) is -0.227. The van der Waals surface area contributed by atoms with Gasteiger partial charge in [-0.2, -0.15) is 0 Å². The molecular formula is C13H23N3O2S. The fraction of sp³-hybridized carbons (Fsp3) is 0.846. The van der Waals surface area contributed by atoms with Gasteiger partial charge in [0.15, 0.2) is 0 Å². The molecule has 108 valence electrons. The monoisotopic (exact) mass is 285 g/mol. The molecule has 5 nitrogen and oxygen atoms in total. The van der Waals surface area contributed by atoms with Gasteiger partial charge in [-0.05, 0) is 12.8 Å². The first-order chi connectivity index (χ1) is 8.73. The number of carbonyl (C=O) groups excluding carboxylic acids is 2. The van der Waals surface area contributed by atoms with Crippen molar-refractivity contribution >= 4 is 23.6 Å². The SMILES string of the molecule is CC(C)(C)C(=O)N1CCC2(CC1)N[C@H](C(N)=O)CS2. The third kappa shape index (κ3) is 3.05. The molecule has 2 aliphatic rings. The lowest BCUT2D eigenvalue weighted by molar-refractivity contribution is -0.140. The Balaban J connectivity index is 1.93. The Labute approximate surface area is 118 Å². The Kier molecular flexibility index (Phi) is 3.84. The number of thioether (sulfide) groups is 1. The molecule has 1 atom stereocenters. The number of amides is 2. The summed E-state index contributed by atoms with van der Waals surface area (Å²) in [4.78, 5) is 25.3. The molecule has 0 bridgehead atoms. The predicted molar refractivity (Wildman–Crippen MR) is 76.6 cm³/mol. The van der Waals surface area contributed by atoms with Crippen molar-refractivity contribution in [2.45, 2.75) is 44.5 Å². The number of primary amides is 1. The van der Waals surface area contributed by atoms with Crippen molar-refractivity contribution in [3.05, 3.63) is 0 Å². The molecule has 2 amide bonds. The quantitative estimate of drug-likeness (QED) is 0.737. The van der Waals surface area contributed by atoms with Gasteiger partial charge in [-0.25, -0.2) is 0 Å². The Hall–Kier alpha value is -0.750. The van der Waals surface area contributed by atoms with Crippen LogP contribution in [0.5, 0.6) is 0 Å². The smallest absolute Gasteiger partial charge is 0.235 e. The molecule has 0 aromatic carbocycles. The van der Waals surface area contributed by atoms with Crippen molar-refractivity contribution < 1.29 is 9.59 Å². The maximum Gasteiger partial charge on any atom is 0.235 e. The fourth-order valence-corrected chi connectivity index (χ4v) is 4.06. The van der Waals surface area contributed by atoms with E-state index in [-0.39, 0.29) is 28.1 Å². The van der Waals surface area contributed by atoms with Gasteiger partial charge in [0.2, 0.25) is 11.8 Å². The predicted octanol–water partition coefficient (Wildman–Crippen LogP) is 0.542. The van der Waals surface area contributed by atoms with E-state index in [1.165, 1.54) is 0 Å². The third-order valence-corrected chi connectivity index (χ3v) is 5.39. The molecule has 2 fully saturated rings. The van der Waals surface area contributed by atoms with Crippen LogP contribution in [0, 0.1) is 5.41 Å². The second-order valence-electron chi connectivity index (χ2n) is 6.45. The van der Waals surface area contributed by atoms with Crippen molar-refractivity contribution in [3.8, 4) is 0 Å². The highest BCUT2D eigenvalue weighted by molar-refractivity contribution is 8.01. The number of nitrogens with two attached hydrogens (primary N) is 1. The lowest BCUT2D eigenvalue weighted by atomic mass is 9.92. The van der Waals surface area contributed by atoms with E-state index in [1.807, 2.05) is 25.7 Å². The molecule has 0 aromatic heterocycles. The Morgan fingerprint density at radius 2 is 1.89 bits per heavy atom. The lowest BCUT2D eigenvalue weighted by Crippen LogP contribution is -2.55. The van der Waals surface area contributed by atoms with E-state index < -0.39 is 0 Å². The molecule has 0 radical (unpaired) electrons. The summed E-state index contributed by atoms with van der Waals surface area (Å²) in [6.07, 6.45) is 1.76. The van der Waals surface area contributed by atoms with Gasteiger partial charge >= 0.3 is 0 Å². The molecule has 0 unspecified atom stereocenters. The van der Waals surface area contributed by atoms with Crippen LogP contribution in [0.1, 0.15) is 33.6 Å². The summed E-state index contributed by atoms with van der Waals surface area (Å²) in [5, 5.41) is 3.35. The first kappa shape index (κ1) is 14.7. The molecule has 2 heterocycles. The summed E-state index contributed by atoms with van der Waals surface area (Å²) < 4.78 is 0. The minimum absolute atomic E-state index is 0.0611. The van der Waals surface area contributed by atoms with Crippen LogP contribution in [0.2, 0.25) is 0 Å². The van der Waals surface area contributed by atoms with Gasteiger partial charge in [0.05, 0.1) is 10.9 Å². The lowest BCUT2D eigenvalue weighted by Gasteiger charge is -2.41. The largest absolute Gasteiger partial charge is 0.368 e. The van der Waals surface area contributed by atoms with Crippen molar-refractivity contribution in [3.63, 3.8) is 0 Å². The van der Waals surface area contributed by atoms with Crippen molar-refractivity contribution in [1.82, 2.24) is 10.2 Å². The zero-order chi connectivity index (χ0) is 14.3. The normalized spacial score (nSPS) is 26.7. The minimum atomic E-state index is -0.323. The Morgan fingerprint density at radius 3 is 2.32 bits per heavy atom.